The first-order valence-corrected chi connectivity index (χ1v) is 8.80. The monoisotopic (exact) mass is 349 g/mol. The van der Waals surface area contributed by atoms with Gasteiger partial charge in [0.05, 0.1) is 17.4 Å². The molecule has 1 aliphatic heterocycles. The minimum Gasteiger partial charge on any atom is -0.365 e. The second-order valence-corrected chi connectivity index (χ2v) is 7.76. The molecule has 3 aromatic rings. The molecule has 26 heavy (non-hydrogen) atoms. The van der Waals surface area contributed by atoms with Crippen LogP contribution in [0.5, 0.6) is 0 Å². The van der Waals surface area contributed by atoms with E-state index < -0.39 is 0 Å². The standard InChI is InChI=1S/C20H23N5O/c1-20(2,3)13-7-8-15-12(9-13)10-18(22-15)24-19(26)23-16-5-4-6-17-14(16)11-21-25-17/h4-9,11,18,22H,10H2,1-3H3,(H,21,25)(H2,23,24,26). The molecule has 0 aliphatic carbocycles. The number of rotatable bonds is 2. The zero-order valence-corrected chi connectivity index (χ0v) is 15.2. The lowest BCUT2D eigenvalue weighted by molar-refractivity contribution is 0.250. The Bertz CT molecular complexity index is 970. The summed E-state index contributed by atoms with van der Waals surface area (Å²) in [5, 5.41) is 17.1. The summed E-state index contributed by atoms with van der Waals surface area (Å²) in [5.41, 5.74) is 5.36. The molecule has 0 saturated heterocycles. The van der Waals surface area contributed by atoms with Crippen molar-refractivity contribution < 1.29 is 4.79 Å². The molecular formula is C20H23N5O. The van der Waals surface area contributed by atoms with E-state index in [0.717, 1.165) is 28.7 Å². The van der Waals surface area contributed by atoms with Crippen molar-refractivity contribution in [2.75, 3.05) is 10.6 Å². The highest BCUT2D eigenvalue weighted by molar-refractivity contribution is 6.00. The summed E-state index contributed by atoms with van der Waals surface area (Å²) in [7, 11) is 0. The van der Waals surface area contributed by atoms with Gasteiger partial charge in [0.15, 0.2) is 0 Å². The van der Waals surface area contributed by atoms with Crippen LogP contribution in [0.4, 0.5) is 16.2 Å². The largest absolute Gasteiger partial charge is 0.365 e. The smallest absolute Gasteiger partial charge is 0.320 e. The predicted octanol–water partition coefficient (Wildman–Crippen LogP) is 3.98. The van der Waals surface area contributed by atoms with Gasteiger partial charge in [-0.05, 0) is 34.7 Å². The van der Waals surface area contributed by atoms with Crippen LogP contribution in [0.25, 0.3) is 10.9 Å². The van der Waals surface area contributed by atoms with Gasteiger partial charge in [0.2, 0.25) is 0 Å². The van der Waals surface area contributed by atoms with Gasteiger partial charge >= 0.3 is 6.03 Å². The fourth-order valence-electron chi connectivity index (χ4n) is 3.31. The van der Waals surface area contributed by atoms with Crippen LogP contribution in [-0.2, 0) is 11.8 Å². The van der Waals surface area contributed by atoms with Crippen LogP contribution in [0, 0.1) is 0 Å². The van der Waals surface area contributed by atoms with Crippen molar-refractivity contribution >= 4 is 28.3 Å². The first-order valence-electron chi connectivity index (χ1n) is 8.80. The van der Waals surface area contributed by atoms with Gasteiger partial charge in [-0.3, -0.25) is 5.10 Å². The maximum Gasteiger partial charge on any atom is 0.320 e. The van der Waals surface area contributed by atoms with E-state index in [1.807, 2.05) is 18.2 Å². The highest BCUT2D eigenvalue weighted by Gasteiger charge is 2.24. The van der Waals surface area contributed by atoms with Crippen LogP contribution in [0.3, 0.4) is 0 Å². The SMILES string of the molecule is CC(C)(C)c1ccc2c(c1)CC(NC(=O)Nc1cccc3[nH]ncc13)N2. The minimum absolute atomic E-state index is 0.112. The summed E-state index contributed by atoms with van der Waals surface area (Å²) in [6, 6.07) is 11.9. The Labute approximate surface area is 152 Å². The number of benzene rings is 2. The molecule has 1 atom stereocenters. The molecule has 6 heteroatoms. The molecule has 0 bridgehead atoms. The van der Waals surface area contributed by atoms with Gasteiger partial charge in [-0.25, -0.2) is 4.79 Å². The van der Waals surface area contributed by atoms with Crippen molar-refractivity contribution in [1.29, 1.82) is 0 Å². The van der Waals surface area contributed by atoms with E-state index in [-0.39, 0.29) is 17.6 Å². The first kappa shape index (κ1) is 16.4. The van der Waals surface area contributed by atoms with E-state index in [9.17, 15) is 4.79 Å². The molecule has 1 unspecified atom stereocenters. The average Bonchev–Trinajstić information content (AvgIpc) is 3.19. The van der Waals surface area contributed by atoms with Crippen LogP contribution in [-0.4, -0.2) is 22.4 Å². The number of urea groups is 1. The highest BCUT2D eigenvalue weighted by Crippen LogP contribution is 2.31. The lowest BCUT2D eigenvalue weighted by atomic mass is 9.86. The van der Waals surface area contributed by atoms with Crippen molar-refractivity contribution in [3.63, 3.8) is 0 Å². The van der Waals surface area contributed by atoms with E-state index in [1.165, 1.54) is 11.1 Å². The number of hydrogen-bond acceptors (Lipinski definition) is 3. The number of nitrogens with zero attached hydrogens (tertiary/aromatic N) is 1. The number of amides is 2. The number of carbonyl (C=O) groups excluding carboxylic acids is 1. The summed E-state index contributed by atoms with van der Waals surface area (Å²) in [4.78, 5) is 12.4. The molecule has 1 aliphatic rings. The zero-order valence-electron chi connectivity index (χ0n) is 15.2. The molecule has 2 heterocycles. The zero-order chi connectivity index (χ0) is 18.3. The second kappa shape index (κ2) is 6.05. The molecule has 4 N–H and O–H groups in total. The fraction of sp³-hybridized carbons (Fsp3) is 0.300. The lowest BCUT2D eigenvalue weighted by Crippen LogP contribution is -2.41. The van der Waals surface area contributed by atoms with Crippen LogP contribution in [0.2, 0.25) is 0 Å². The fourth-order valence-corrected chi connectivity index (χ4v) is 3.31. The number of aromatic nitrogens is 2. The van der Waals surface area contributed by atoms with Gasteiger partial charge in [-0.15, -0.1) is 0 Å². The van der Waals surface area contributed by atoms with E-state index in [0.29, 0.717) is 0 Å². The van der Waals surface area contributed by atoms with Gasteiger partial charge in [0.25, 0.3) is 0 Å². The third-order valence-corrected chi connectivity index (χ3v) is 4.76. The predicted molar refractivity (Wildman–Crippen MR) is 105 cm³/mol. The van der Waals surface area contributed by atoms with Gasteiger partial charge < -0.3 is 16.0 Å². The number of aromatic amines is 1. The number of hydrogen-bond donors (Lipinski definition) is 4. The van der Waals surface area contributed by atoms with Crippen molar-refractivity contribution in [1.82, 2.24) is 15.5 Å². The maximum atomic E-state index is 12.4. The van der Waals surface area contributed by atoms with E-state index in [1.54, 1.807) is 6.20 Å². The normalized spacial score (nSPS) is 16.2. The number of carbonyl (C=O) groups is 1. The third-order valence-electron chi connectivity index (χ3n) is 4.76. The topological polar surface area (TPSA) is 81.8 Å². The maximum absolute atomic E-state index is 12.4. The van der Waals surface area contributed by atoms with Gasteiger partial charge in [-0.2, -0.15) is 5.10 Å². The Balaban J connectivity index is 1.43. The molecular weight excluding hydrogens is 326 g/mol. The lowest BCUT2D eigenvalue weighted by Gasteiger charge is -2.19. The summed E-state index contributed by atoms with van der Waals surface area (Å²) in [5.74, 6) is 0. The average molecular weight is 349 g/mol. The molecule has 6 nitrogen and oxygen atoms in total. The number of fused-ring (bicyclic) bond motifs is 2. The van der Waals surface area contributed by atoms with E-state index >= 15 is 0 Å². The van der Waals surface area contributed by atoms with Crippen LogP contribution in [0.1, 0.15) is 31.9 Å². The van der Waals surface area contributed by atoms with Crippen molar-refractivity contribution in [2.45, 2.75) is 38.8 Å². The summed E-state index contributed by atoms with van der Waals surface area (Å²) in [6.07, 6.45) is 2.36. The van der Waals surface area contributed by atoms with E-state index in [4.69, 9.17) is 0 Å². The molecule has 0 spiro atoms. The Morgan fingerprint density at radius 2 is 2.08 bits per heavy atom. The van der Waals surface area contributed by atoms with Crippen molar-refractivity contribution in [3.8, 4) is 0 Å². The van der Waals surface area contributed by atoms with Crippen LogP contribution >= 0.6 is 0 Å². The molecule has 1 aromatic heterocycles. The Hall–Kier alpha value is -3.02. The molecule has 0 saturated carbocycles. The molecule has 4 rings (SSSR count). The van der Waals surface area contributed by atoms with E-state index in [2.05, 4.69) is 65.1 Å². The Morgan fingerprint density at radius 1 is 1.23 bits per heavy atom. The third kappa shape index (κ3) is 3.10. The quantitative estimate of drug-likeness (QED) is 0.565. The Kier molecular flexibility index (Phi) is 3.83. The molecule has 2 aromatic carbocycles. The number of nitrogens with one attached hydrogen (secondary N) is 4. The van der Waals surface area contributed by atoms with Gasteiger partial charge in [0, 0.05) is 17.5 Å². The molecule has 0 radical (unpaired) electrons. The summed E-state index contributed by atoms with van der Waals surface area (Å²) < 4.78 is 0. The van der Waals surface area contributed by atoms with Crippen molar-refractivity contribution in [2.24, 2.45) is 0 Å². The molecule has 2 amide bonds. The first-order chi connectivity index (χ1) is 12.4. The number of H-pyrrole nitrogens is 1. The summed E-state index contributed by atoms with van der Waals surface area (Å²) >= 11 is 0. The van der Waals surface area contributed by atoms with Crippen LogP contribution < -0.4 is 16.0 Å². The summed E-state index contributed by atoms with van der Waals surface area (Å²) in [6.45, 7) is 6.62. The Morgan fingerprint density at radius 3 is 2.88 bits per heavy atom. The molecule has 134 valence electrons. The highest BCUT2D eigenvalue weighted by atomic mass is 16.2. The van der Waals surface area contributed by atoms with Gasteiger partial charge in [0.1, 0.15) is 6.17 Å². The minimum atomic E-state index is -0.236. The number of anilines is 2. The van der Waals surface area contributed by atoms with Crippen molar-refractivity contribution in [3.05, 3.63) is 53.7 Å². The second-order valence-electron chi connectivity index (χ2n) is 7.76. The van der Waals surface area contributed by atoms with Gasteiger partial charge in [-0.1, -0.05) is 39.0 Å². The molecule has 0 fully saturated rings. The van der Waals surface area contributed by atoms with Crippen LogP contribution in [0.15, 0.2) is 42.6 Å².